The van der Waals surface area contributed by atoms with Gasteiger partial charge in [-0.25, -0.2) is 9.59 Å². The van der Waals surface area contributed by atoms with Gasteiger partial charge in [-0.15, -0.1) is 6.58 Å². The van der Waals surface area contributed by atoms with Crippen LogP contribution in [0.4, 0.5) is 5.69 Å². The molecule has 32 heavy (non-hydrogen) atoms. The predicted molar refractivity (Wildman–Crippen MR) is 111 cm³/mol. The van der Waals surface area contributed by atoms with Crippen LogP contribution in [0.2, 0.25) is 0 Å². The van der Waals surface area contributed by atoms with Gasteiger partial charge < -0.3 is 29.6 Å². The number of amides is 1. The highest BCUT2D eigenvalue weighted by molar-refractivity contribution is 6.22. The Morgan fingerprint density at radius 1 is 1.09 bits per heavy atom. The summed E-state index contributed by atoms with van der Waals surface area (Å²) in [6.45, 7) is 3.75. The fourth-order valence-electron chi connectivity index (χ4n) is 4.05. The van der Waals surface area contributed by atoms with Crippen LogP contribution in [0.3, 0.4) is 0 Å². The quantitative estimate of drug-likeness (QED) is 0.386. The normalized spacial score (nSPS) is 19.5. The van der Waals surface area contributed by atoms with Crippen molar-refractivity contribution in [1.82, 2.24) is 0 Å². The number of nitrogens with two attached hydrogens (primary N) is 1. The smallest absolute Gasteiger partial charge is 0.340 e. The first-order valence-electron chi connectivity index (χ1n) is 9.46. The summed E-state index contributed by atoms with van der Waals surface area (Å²) < 4.78 is 20.0. The lowest BCUT2D eigenvalue weighted by atomic mass is 9.67. The van der Waals surface area contributed by atoms with Gasteiger partial charge in [-0.1, -0.05) is 24.3 Å². The van der Waals surface area contributed by atoms with E-state index < -0.39 is 47.1 Å². The van der Waals surface area contributed by atoms with Crippen LogP contribution in [0.5, 0.6) is 0 Å². The lowest BCUT2D eigenvalue weighted by Gasteiger charge is -2.36. The molecule has 2 N–H and O–H groups in total. The molecule has 0 fully saturated rings. The van der Waals surface area contributed by atoms with E-state index in [-0.39, 0.29) is 23.4 Å². The third kappa shape index (κ3) is 3.11. The molecule has 0 radical (unpaired) electrons. The number of carbonyl (C=O) groups excluding carboxylic acids is 4. The Bertz CT molecular complexity index is 1090. The standard InChI is InChI=1S/C22H22N2O8/c1-5-10-24-13-9-7-6-8-12(13)22(21(24)28)16(19(26)30-3)14(11-15(25)29-2)32-18(23)17(22)20(27)31-4/h5-9H,1,10-11,23H2,2-4H3. The number of ether oxygens (including phenoxy) is 4. The molecular formula is C22H22N2O8. The van der Waals surface area contributed by atoms with Gasteiger partial charge in [0.2, 0.25) is 11.8 Å². The van der Waals surface area contributed by atoms with Crippen LogP contribution in [-0.2, 0) is 43.5 Å². The van der Waals surface area contributed by atoms with Gasteiger partial charge in [-0.05, 0) is 6.07 Å². The molecular weight excluding hydrogens is 420 g/mol. The Labute approximate surface area is 183 Å². The largest absolute Gasteiger partial charge is 0.469 e. The summed E-state index contributed by atoms with van der Waals surface area (Å²) in [5.41, 5.74) is 3.98. The summed E-state index contributed by atoms with van der Waals surface area (Å²) in [6.07, 6.45) is 0.962. The van der Waals surface area contributed by atoms with E-state index in [2.05, 4.69) is 6.58 Å². The van der Waals surface area contributed by atoms with E-state index in [1.807, 2.05) is 0 Å². The van der Waals surface area contributed by atoms with Crippen LogP contribution in [0.25, 0.3) is 0 Å². The number of methoxy groups -OCH3 is 3. The van der Waals surface area contributed by atoms with Gasteiger partial charge in [0, 0.05) is 17.8 Å². The van der Waals surface area contributed by atoms with Crippen LogP contribution in [0.1, 0.15) is 12.0 Å². The number of esters is 3. The molecule has 2 aliphatic rings. The van der Waals surface area contributed by atoms with Gasteiger partial charge in [-0.2, -0.15) is 0 Å². The molecule has 1 unspecified atom stereocenters. The van der Waals surface area contributed by atoms with Gasteiger partial charge >= 0.3 is 17.9 Å². The zero-order chi connectivity index (χ0) is 23.6. The number of carbonyl (C=O) groups is 4. The number of nitrogens with zero attached hydrogens (tertiary/aromatic N) is 1. The number of hydrogen-bond donors (Lipinski definition) is 1. The summed E-state index contributed by atoms with van der Waals surface area (Å²) in [7, 11) is 3.36. The van der Waals surface area contributed by atoms with E-state index in [0.717, 1.165) is 21.3 Å². The van der Waals surface area contributed by atoms with Gasteiger partial charge in [0.1, 0.15) is 28.7 Å². The number of hydrogen-bond acceptors (Lipinski definition) is 9. The highest BCUT2D eigenvalue weighted by atomic mass is 16.5. The van der Waals surface area contributed by atoms with Crippen LogP contribution in [0, 0.1) is 0 Å². The number of fused-ring (bicyclic) bond motifs is 2. The number of rotatable bonds is 6. The molecule has 1 aromatic carbocycles. The molecule has 0 saturated heterocycles. The summed E-state index contributed by atoms with van der Waals surface area (Å²) in [4.78, 5) is 53.4. The van der Waals surface area contributed by atoms with Crippen molar-refractivity contribution in [2.24, 2.45) is 5.73 Å². The zero-order valence-corrected chi connectivity index (χ0v) is 17.8. The molecule has 3 rings (SSSR count). The Morgan fingerprint density at radius 2 is 1.72 bits per heavy atom. The monoisotopic (exact) mass is 442 g/mol. The fourth-order valence-corrected chi connectivity index (χ4v) is 4.05. The Balaban J connectivity index is 2.49. The SMILES string of the molecule is C=CCN1C(=O)C2(C(C(=O)OC)=C(N)OC(CC(=O)OC)=C2C(=O)OC)c2ccccc21. The molecule has 10 heteroatoms. The van der Waals surface area contributed by atoms with Gasteiger partial charge in [-0.3, -0.25) is 9.59 Å². The average molecular weight is 442 g/mol. The second-order valence-electron chi connectivity index (χ2n) is 6.85. The van der Waals surface area contributed by atoms with E-state index in [9.17, 15) is 19.2 Å². The fraction of sp³-hybridized carbons (Fsp3) is 0.273. The summed E-state index contributed by atoms with van der Waals surface area (Å²) >= 11 is 0. The van der Waals surface area contributed by atoms with E-state index in [1.165, 1.54) is 11.0 Å². The maximum absolute atomic E-state index is 14.0. The molecule has 1 amide bonds. The molecule has 0 bridgehead atoms. The second-order valence-corrected chi connectivity index (χ2v) is 6.85. The van der Waals surface area contributed by atoms with Crippen molar-refractivity contribution in [1.29, 1.82) is 0 Å². The third-order valence-corrected chi connectivity index (χ3v) is 5.30. The minimum Gasteiger partial charge on any atom is -0.469 e. The molecule has 10 nitrogen and oxygen atoms in total. The molecule has 1 aromatic rings. The van der Waals surface area contributed by atoms with Crippen molar-refractivity contribution < 1.29 is 38.1 Å². The average Bonchev–Trinajstić information content (AvgIpc) is 3.02. The van der Waals surface area contributed by atoms with Crippen LogP contribution >= 0.6 is 0 Å². The molecule has 1 atom stereocenters. The zero-order valence-electron chi connectivity index (χ0n) is 17.8. The predicted octanol–water partition coefficient (Wildman–Crippen LogP) is 0.821. The molecule has 2 aliphatic heterocycles. The Hall–Kier alpha value is -4.08. The van der Waals surface area contributed by atoms with Crippen LogP contribution < -0.4 is 10.6 Å². The first-order chi connectivity index (χ1) is 15.3. The first-order valence-corrected chi connectivity index (χ1v) is 9.46. The van der Waals surface area contributed by atoms with Crippen molar-refractivity contribution in [3.63, 3.8) is 0 Å². The molecule has 0 saturated carbocycles. The summed E-state index contributed by atoms with van der Waals surface area (Å²) in [5.74, 6) is -4.14. The first kappa shape index (κ1) is 22.6. The van der Waals surface area contributed by atoms with Crippen molar-refractivity contribution in [2.75, 3.05) is 32.8 Å². The Kier molecular flexibility index (Phi) is 6.06. The summed E-state index contributed by atoms with van der Waals surface area (Å²) in [6, 6.07) is 6.57. The number of para-hydroxylation sites is 1. The third-order valence-electron chi connectivity index (χ3n) is 5.30. The number of benzene rings is 1. The minimum atomic E-state index is -2.06. The van der Waals surface area contributed by atoms with Crippen molar-refractivity contribution >= 4 is 29.5 Å². The minimum absolute atomic E-state index is 0.0770. The molecule has 168 valence electrons. The van der Waals surface area contributed by atoms with Gasteiger partial charge in [0.05, 0.1) is 21.3 Å². The van der Waals surface area contributed by atoms with Crippen LogP contribution in [0.15, 0.2) is 59.7 Å². The van der Waals surface area contributed by atoms with Gasteiger partial charge in [0.25, 0.3) is 0 Å². The van der Waals surface area contributed by atoms with Crippen molar-refractivity contribution in [3.05, 3.63) is 65.3 Å². The Morgan fingerprint density at radius 3 is 2.31 bits per heavy atom. The maximum Gasteiger partial charge on any atom is 0.340 e. The van der Waals surface area contributed by atoms with Crippen molar-refractivity contribution in [2.45, 2.75) is 11.8 Å². The second kappa shape index (κ2) is 8.58. The van der Waals surface area contributed by atoms with E-state index in [1.54, 1.807) is 24.3 Å². The van der Waals surface area contributed by atoms with E-state index in [4.69, 9.17) is 24.7 Å². The van der Waals surface area contributed by atoms with E-state index in [0.29, 0.717) is 5.69 Å². The lowest BCUT2D eigenvalue weighted by Crippen LogP contribution is -2.51. The molecule has 2 heterocycles. The lowest BCUT2D eigenvalue weighted by molar-refractivity contribution is -0.141. The van der Waals surface area contributed by atoms with Crippen LogP contribution in [-0.4, -0.2) is 51.7 Å². The van der Waals surface area contributed by atoms with Crippen molar-refractivity contribution in [3.8, 4) is 0 Å². The maximum atomic E-state index is 14.0. The highest BCUT2D eigenvalue weighted by Crippen LogP contribution is 2.54. The molecule has 1 spiro atoms. The molecule has 0 aliphatic carbocycles. The van der Waals surface area contributed by atoms with E-state index >= 15 is 0 Å². The van der Waals surface area contributed by atoms with Gasteiger partial charge in [0.15, 0.2) is 0 Å². The highest BCUT2D eigenvalue weighted by Gasteiger charge is 2.64. The number of anilines is 1. The molecule has 0 aromatic heterocycles. The topological polar surface area (TPSA) is 134 Å². The summed E-state index contributed by atoms with van der Waals surface area (Å²) in [5, 5.41) is 0.